The third-order valence-corrected chi connectivity index (χ3v) is 6.43. The minimum absolute atomic E-state index is 0.122. The predicted molar refractivity (Wildman–Crippen MR) is 105 cm³/mol. The van der Waals surface area contributed by atoms with Crippen molar-refractivity contribution >= 4 is 38.9 Å². The number of halogens is 1. The Bertz CT molecular complexity index is 955. The Labute approximate surface area is 162 Å². The number of carbonyl (C=O) groups is 1. The number of nitrogens with one attached hydrogen (secondary N) is 1. The van der Waals surface area contributed by atoms with Crippen molar-refractivity contribution in [3.63, 3.8) is 0 Å². The van der Waals surface area contributed by atoms with E-state index in [0.29, 0.717) is 35.8 Å². The van der Waals surface area contributed by atoms with Crippen LogP contribution < -0.4 is 19.1 Å². The molecule has 1 fully saturated rings. The van der Waals surface area contributed by atoms with Crippen LogP contribution in [0.1, 0.15) is 16.8 Å². The zero-order chi connectivity index (χ0) is 19.6. The largest absolute Gasteiger partial charge is 0.496 e. The van der Waals surface area contributed by atoms with E-state index in [1.54, 1.807) is 30.3 Å². The fourth-order valence-electron chi connectivity index (χ4n) is 2.95. The highest BCUT2D eigenvalue weighted by atomic mass is 35.5. The summed E-state index contributed by atoms with van der Waals surface area (Å²) in [5.41, 5.74) is 1.07. The molecular weight excluding hydrogens is 392 g/mol. The van der Waals surface area contributed by atoms with Crippen LogP contribution in [0.15, 0.2) is 36.4 Å². The topological polar surface area (TPSA) is 84.9 Å². The number of anilines is 2. The summed E-state index contributed by atoms with van der Waals surface area (Å²) in [7, 11) is -0.375. The summed E-state index contributed by atoms with van der Waals surface area (Å²) in [6.07, 6.45) is 0.575. The number of hydrogen-bond donors (Lipinski definition) is 1. The molecule has 0 bridgehead atoms. The van der Waals surface area contributed by atoms with Crippen molar-refractivity contribution in [2.45, 2.75) is 6.42 Å². The minimum Gasteiger partial charge on any atom is -0.496 e. The van der Waals surface area contributed by atoms with E-state index < -0.39 is 15.9 Å². The van der Waals surface area contributed by atoms with Gasteiger partial charge in [0.25, 0.3) is 5.91 Å². The van der Waals surface area contributed by atoms with Gasteiger partial charge in [0.2, 0.25) is 10.0 Å². The Kier molecular flexibility index (Phi) is 5.48. The molecular formula is C18H19ClN2O5S. The average molecular weight is 411 g/mol. The Balaban J connectivity index is 1.88. The van der Waals surface area contributed by atoms with Crippen molar-refractivity contribution in [2.75, 3.05) is 36.1 Å². The standard InChI is InChI=1S/C18H19ClN2O5S/c1-25-15-5-3-6-16(26-2)17(15)18(22)20-14-8-7-12(11-13(14)19)21-9-4-10-27(21,23)24/h3,5-8,11H,4,9-10H2,1-2H3,(H,20,22). The van der Waals surface area contributed by atoms with Crippen molar-refractivity contribution in [3.8, 4) is 11.5 Å². The van der Waals surface area contributed by atoms with E-state index in [0.717, 1.165) is 0 Å². The average Bonchev–Trinajstić information content (AvgIpc) is 3.01. The summed E-state index contributed by atoms with van der Waals surface area (Å²) in [5.74, 6) is 0.398. The molecule has 1 heterocycles. The first-order valence-electron chi connectivity index (χ1n) is 8.19. The maximum Gasteiger partial charge on any atom is 0.263 e. The number of carbonyl (C=O) groups excluding carboxylic acids is 1. The summed E-state index contributed by atoms with van der Waals surface area (Å²) < 4.78 is 35.9. The molecule has 0 saturated carbocycles. The molecule has 27 heavy (non-hydrogen) atoms. The molecule has 1 aliphatic heterocycles. The van der Waals surface area contributed by atoms with Gasteiger partial charge >= 0.3 is 0 Å². The van der Waals surface area contributed by atoms with Gasteiger partial charge in [0.15, 0.2) is 0 Å². The molecule has 0 unspecified atom stereocenters. The van der Waals surface area contributed by atoms with Crippen molar-refractivity contribution in [3.05, 3.63) is 47.0 Å². The molecule has 2 aromatic carbocycles. The van der Waals surface area contributed by atoms with Crippen LogP contribution in [0.5, 0.6) is 11.5 Å². The third kappa shape index (κ3) is 3.81. The van der Waals surface area contributed by atoms with Crippen LogP contribution in [0.2, 0.25) is 5.02 Å². The second-order valence-corrected chi connectivity index (χ2v) is 8.32. The van der Waals surface area contributed by atoms with Gasteiger partial charge in [0.05, 0.1) is 36.4 Å². The highest BCUT2D eigenvalue weighted by Gasteiger charge is 2.29. The fraction of sp³-hybridized carbons (Fsp3) is 0.278. The van der Waals surface area contributed by atoms with Crippen LogP contribution in [0.25, 0.3) is 0 Å². The lowest BCUT2D eigenvalue weighted by atomic mass is 10.1. The fourth-order valence-corrected chi connectivity index (χ4v) is 4.73. The van der Waals surface area contributed by atoms with E-state index in [9.17, 15) is 13.2 Å². The van der Waals surface area contributed by atoms with Gasteiger partial charge in [-0.05, 0) is 36.8 Å². The number of amides is 1. The monoisotopic (exact) mass is 410 g/mol. The van der Waals surface area contributed by atoms with Crippen LogP contribution in [-0.2, 0) is 10.0 Å². The zero-order valence-corrected chi connectivity index (χ0v) is 16.4. The quantitative estimate of drug-likeness (QED) is 0.818. The highest BCUT2D eigenvalue weighted by molar-refractivity contribution is 7.93. The molecule has 0 radical (unpaired) electrons. The lowest BCUT2D eigenvalue weighted by molar-refractivity contribution is 0.102. The summed E-state index contributed by atoms with van der Waals surface area (Å²) in [4.78, 5) is 12.7. The van der Waals surface area contributed by atoms with E-state index in [-0.39, 0.29) is 16.3 Å². The molecule has 1 amide bonds. The third-order valence-electron chi connectivity index (χ3n) is 4.24. The molecule has 0 aromatic heterocycles. The number of hydrogen-bond acceptors (Lipinski definition) is 5. The normalized spacial score (nSPS) is 15.4. The van der Waals surface area contributed by atoms with Gasteiger partial charge in [-0.3, -0.25) is 9.10 Å². The van der Waals surface area contributed by atoms with Crippen molar-refractivity contribution in [1.82, 2.24) is 0 Å². The lowest BCUT2D eigenvalue weighted by Gasteiger charge is -2.18. The number of benzene rings is 2. The maximum atomic E-state index is 12.7. The highest BCUT2D eigenvalue weighted by Crippen LogP contribution is 2.33. The maximum absolute atomic E-state index is 12.7. The van der Waals surface area contributed by atoms with Crippen LogP contribution in [-0.4, -0.2) is 40.8 Å². The summed E-state index contributed by atoms with van der Waals surface area (Å²) >= 11 is 6.28. The van der Waals surface area contributed by atoms with Crippen molar-refractivity contribution in [2.24, 2.45) is 0 Å². The summed E-state index contributed by atoms with van der Waals surface area (Å²) in [5, 5.41) is 2.95. The van der Waals surface area contributed by atoms with E-state index in [1.165, 1.54) is 24.6 Å². The van der Waals surface area contributed by atoms with Crippen molar-refractivity contribution in [1.29, 1.82) is 0 Å². The first kappa shape index (κ1) is 19.3. The predicted octanol–water partition coefficient (Wildman–Crippen LogP) is 3.15. The number of nitrogens with zero attached hydrogens (tertiary/aromatic N) is 1. The number of methoxy groups -OCH3 is 2. The zero-order valence-electron chi connectivity index (χ0n) is 14.9. The molecule has 9 heteroatoms. The second-order valence-electron chi connectivity index (χ2n) is 5.90. The van der Waals surface area contributed by atoms with Gasteiger partial charge in [-0.2, -0.15) is 0 Å². The van der Waals surface area contributed by atoms with Crippen molar-refractivity contribution < 1.29 is 22.7 Å². The molecule has 0 spiro atoms. The molecule has 0 aliphatic carbocycles. The van der Waals surface area contributed by atoms with Gasteiger partial charge in [-0.25, -0.2) is 8.42 Å². The summed E-state index contributed by atoms with van der Waals surface area (Å²) in [6.45, 7) is 0.419. The van der Waals surface area contributed by atoms with Crippen LogP contribution in [0.3, 0.4) is 0 Å². The van der Waals surface area contributed by atoms with Gasteiger partial charge in [-0.15, -0.1) is 0 Å². The number of sulfonamides is 1. The van der Waals surface area contributed by atoms with Gasteiger partial charge in [-0.1, -0.05) is 17.7 Å². The van der Waals surface area contributed by atoms with Crippen LogP contribution >= 0.6 is 11.6 Å². The van der Waals surface area contributed by atoms with Gasteiger partial charge < -0.3 is 14.8 Å². The molecule has 1 saturated heterocycles. The van der Waals surface area contributed by atoms with E-state index >= 15 is 0 Å². The molecule has 144 valence electrons. The molecule has 1 aliphatic rings. The first-order valence-corrected chi connectivity index (χ1v) is 10.2. The van der Waals surface area contributed by atoms with Crippen LogP contribution in [0, 0.1) is 0 Å². The Morgan fingerprint density at radius 1 is 1.15 bits per heavy atom. The minimum atomic E-state index is -3.30. The van der Waals surface area contributed by atoms with Gasteiger partial charge in [0, 0.05) is 6.54 Å². The number of rotatable bonds is 5. The Morgan fingerprint density at radius 3 is 2.33 bits per heavy atom. The van der Waals surface area contributed by atoms with Crippen LogP contribution in [0.4, 0.5) is 11.4 Å². The SMILES string of the molecule is COc1cccc(OC)c1C(=O)Nc1ccc(N2CCCS2(=O)=O)cc1Cl. The lowest BCUT2D eigenvalue weighted by Crippen LogP contribution is -2.25. The molecule has 3 rings (SSSR count). The smallest absolute Gasteiger partial charge is 0.263 e. The van der Waals surface area contributed by atoms with E-state index in [2.05, 4.69) is 5.32 Å². The Morgan fingerprint density at radius 2 is 1.81 bits per heavy atom. The summed E-state index contributed by atoms with van der Waals surface area (Å²) in [6, 6.07) is 9.74. The van der Waals surface area contributed by atoms with E-state index in [1.807, 2.05) is 0 Å². The molecule has 2 aromatic rings. The number of ether oxygens (including phenoxy) is 2. The molecule has 7 nitrogen and oxygen atoms in total. The van der Waals surface area contributed by atoms with E-state index in [4.69, 9.17) is 21.1 Å². The van der Waals surface area contributed by atoms with Gasteiger partial charge in [0.1, 0.15) is 17.1 Å². The Hall–Kier alpha value is -2.45. The first-order chi connectivity index (χ1) is 12.9. The molecule has 1 N–H and O–H groups in total. The second kappa shape index (κ2) is 7.66. The molecule has 0 atom stereocenters.